The number of benzene rings is 1. The minimum Gasteiger partial charge on any atom is -0.379 e. The van der Waals surface area contributed by atoms with E-state index >= 15 is 0 Å². The van der Waals surface area contributed by atoms with Crippen molar-refractivity contribution in [2.24, 2.45) is 0 Å². The highest BCUT2D eigenvalue weighted by Crippen LogP contribution is 2.14. The maximum absolute atomic E-state index is 12.8. The number of nitrogens with zero attached hydrogens (tertiary/aromatic N) is 7. The summed E-state index contributed by atoms with van der Waals surface area (Å²) in [5.74, 6) is 0.780. The number of hydrogen-bond acceptors (Lipinski definition) is 7. The summed E-state index contributed by atoms with van der Waals surface area (Å²) in [5.41, 5.74) is 1.19. The molecule has 1 aromatic heterocycles. The molecule has 1 aromatic carbocycles. The van der Waals surface area contributed by atoms with Gasteiger partial charge in [-0.1, -0.05) is 23.7 Å². The predicted octanol–water partition coefficient (Wildman–Crippen LogP) is 0.503. The number of rotatable bonds is 6. The molecule has 2 aliphatic heterocycles. The molecule has 2 saturated heterocycles. The maximum atomic E-state index is 12.8. The summed E-state index contributed by atoms with van der Waals surface area (Å²) in [7, 11) is 0. The lowest BCUT2D eigenvalue weighted by Crippen LogP contribution is -2.49. The van der Waals surface area contributed by atoms with Crippen molar-refractivity contribution in [2.75, 3.05) is 52.5 Å². The van der Waals surface area contributed by atoms with E-state index in [0.717, 1.165) is 56.8 Å². The molecule has 2 aliphatic rings. The quantitative estimate of drug-likeness (QED) is 0.674. The molecule has 2 aromatic rings. The Morgan fingerprint density at radius 2 is 1.79 bits per heavy atom. The number of halogens is 1. The standard InChI is InChI=1S/C19H26ClN7O2/c20-17-3-1-2-16(12-17)13-24-4-6-26(7-5-24)19(28)15-27-18(21-22-23-27)14-25-8-10-29-11-9-25/h1-3,12H,4-11,13-15H2. The minimum absolute atomic E-state index is 0.0583. The van der Waals surface area contributed by atoms with Crippen molar-refractivity contribution in [1.29, 1.82) is 0 Å². The SMILES string of the molecule is O=C(Cn1nnnc1CN1CCOCC1)N1CCN(Cc2cccc(Cl)c2)CC1. The van der Waals surface area contributed by atoms with Gasteiger partial charge in [-0.3, -0.25) is 14.6 Å². The molecule has 2 fully saturated rings. The van der Waals surface area contributed by atoms with Gasteiger partial charge in [0, 0.05) is 50.8 Å². The first-order valence-corrected chi connectivity index (χ1v) is 10.3. The van der Waals surface area contributed by atoms with Crippen LogP contribution in [0.2, 0.25) is 5.02 Å². The molecule has 0 aliphatic carbocycles. The van der Waals surface area contributed by atoms with E-state index in [4.69, 9.17) is 16.3 Å². The second-order valence-corrected chi connectivity index (χ2v) is 7.86. The topological polar surface area (TPSA) is 79.6 Å². The van der Waals surface area contributed by atoms with Gasteiger partial charge in [-0.15, -0.1) is 5.10 Å². The average Bonchev–Trinajstić information content (AvgIpc) is 3.16. The summed E-state index contributed by atoms with van der Waals surface area (Å²) in [6, 6.07) is 7.93. The molecule has 0 spiro atoms. The van der Waals surface area contributed by atoms with Crippen molar-refractivity contribution in [3.8, 4) is 0 Å². The highest BCUT2D eigenvalue weighted by atomic mass is 35.5. The van der Waals surface area contributed by atoms with E-state index in [2.05, 4.69) is 31.4 Å². The number of carbonyl (C=O) groups excluding carboxylic acids is 1. The Morgan fingerprint density at radius 3 is 2.55 bits per heavy atom. The molecule has 3 heterocycles. The summed E-state index contributed by atoms with van der Waals surface area (Å²) in [4.78, 5) is 19.2. The average molecular weight is 420 g/mol. The Morgan fingerprint density at radius 1 is 1.03 bits per heavy atom. The van der Waals surface area contributed by atoms with Gasteiger partial charge in [0.15, 0.2) is 5.82 Å². The Labute approximate surface area is 175 Å². The van der Waals surface area contributed by atoms with Crippen LogP contribution in [0.25, 0.3) is 0 Å². The van der Waals surface area contributed by atoms with Gasteiger partial charge in [-0.05, 0) is 28.1 Å². The van der Waals surface area contributed by atoms with E-state index in [0.29, 0.717) is 19.6 Å². The van der Waals surface area contributed by atoms with Crippen LogP contribution in [0.3, 0.4) is 0 Å². The minimum atomic E-state index is 0.0583. The fourth-order valence-electron chi connectivity index (χ4n) is 3.70. The molecule has 4 rings (SSSR count). The van der Waals surface area contributed by atoms with Gasteiger partial charge in [0.05, 0.1) is 19.8 Å². The fraction of sp³-hybridized carbons (Fsp3) is 0.579. The molecule has 0 radical (unpaired) electrons. The molecule has 10 heteroatoms. The lowest BCUT2D eigenvalue weighted by Gasteiger charge is -2.34. The first kappa shape index (κ1) is 20.2. The van der Waals surface area contributed by atoms with Crippen LogP contribution in [0.15, 0.2) is 24.3 Å². The molecule has 156 valence electrons. The fourth-order valence-corrected chi connectivity index (χ4v) is 3.91. The summed E-state index contributed by atoms with van der Waals surface area (Å²) in [6.45, 7) is 7.92. The lowest BCUT2D eigenvalue weighted by atomic mass is 10.2. The van der Waals surface area contributed by atoms with E-state index in [1.807, 2.05) is 23.1 Å². The number of piperazine rings is 1. The number of aromatic nitrogens is 4. The van der Waals surface area contributed by atoms with Crippen molar-refractivity contribution >= 4 is 17.5 Å². The van der Waals surface area contributed by atoms with E-state index in [1.165, 1.54) is 5.56 Å². The van der Waals surface area contributed by atoms with Gasteiger partial charge in [0.25, 0.3) is 0 Å². The van der Waals surface area contributed by atoms with Crippen LogP contribution in [-0.4, -0.2) is 93.3 Å². The van der Waals surface area contributed by atoms with Gasteiger partial charge in [0.2, 0.25) is 5.91 Å². The predicted molar refractivity (Wildman–Crippen MR) is 107 cm³/mol. The third-order valence-electron chi connectivity index (χ3n) is 5.38. The van der Waals surface area contributed by atoms with Gasteiger partial charge in [0.1, 0.15) is 6.54 Å². The van der Waals surface area contributed by atoms with Crippen LogP contribution >= 0.6 is 11.6 Å². The number of morpholine rings is 1. The van der Waals surface area contributed by atoms with Gasteiger partial charge >= 0.3 is 0 Å². The van der Waals surface area contributed by atoms with Crippen LogP contribution in [0.1, 0.15) is 11.4 Å². The Bertz CT molecular complexity index is 816. The zero-order chi connectivity index (χ0) is 20.1. The Kier molecular flexibility index (Phi) is 6.70. The van der Waals surface area contributed by atoms with Crippen LogP contribution in [0.5, 0.6) is 0 Å². The van der Waals surface area contributed by atoms with E-state index in [9.17, 15) is 4.79 Å². The van der Waals surface area contributed by atoms with E-state index in [1.54, 1.807) is 4.68 Å². The second kappa shape index (κ2) is 9.62. The van der Waals surface area contributed by atoms with Gasteiger partial charge in [-0.25, -0.2) is 4.68 Å². The van der Waals surface area contributed by atoms with E-state index in [-0.39, 0.29) is 12.5 Å². The van der Waals surface area contributed by atoms with Crippen molar-refractivity contribution < 1.29 is 9.53 Å². The lowest BCUT2D eigenvalue weighted by molar-refractivity contribution is -0.134. The number of carbonyl (C=O) groups is 1. The third-order valence-corrected chi connectivity index (χ3v) is 5.62. The molecular formula is C19H26ClN7O2. The Hall–Kier alpha value is -2.07. The van der Waals surface area contributed by atoms with Crippen LogP contribution in [0.4, 0.5) is 0 Å². The molecule has 0 unspecified atom stereocenters. The largest absolute Gasteiger partial charge is 0.379 e. The zero-order valence-electron chi connectivity index (χ0n) is 16.4. The molecule has 9 nitrogen and oxygen atoms in total. The molecule has 1 amide bonds. The van der Waals surface area contributed by atoms with Crippen molar-refractivity contribution in [2.45, 2.75) is 19.6 Å². The number of hydrogen-bond donors (Lipinski definition) is 0. The van der Waals surface area contributed by atoms with E-state index < -0.39 is 0 Å². The highest BCUT2D eigenvalue weighted by Gasteiger charge is 2.23. The van der Waals surface area contributed by atoms with Crippen LogP contribution < -0.4 is 0 Å². The summed E-state index contributed by atoms with van der Waals surface area (Å²) in [6.07, 6.45) is 0. The normalized spacial score (nSPS) is 18.9. The highest BCUT2D eigenvalue weighted by molar-refractivity contribution is 6.30. The molecule has 29 heavy (non-hydrogen) atoms. The van der Waals surface area contributed by atoms with Crippen molar-refractivity contribution in [1.82, 2.24) is 34.9 Å². The van der Waals surface area contributed by atoms with Crippen LogP contribution in [0, 0.1) is 0 Å². The molecule has 0 saturated carbocycles. The monoisotopic (exact) mass is 419 g/mol. The van der Waals surface area contributed by atoms with Gasteiger partial charge < -0.3 is 9.64 Å². The summed E-state index contributed by atoms with van der Waals surface area (Å²) in [5, 5.41) is 12.6. The number of amides is 1. The molecule has 0 atom stereocenters. The van der Waals surface area contributed by atoms with Crippen LogP contribution in [-0.2, 0) is 29.2 Å². The van der Waals surface area contributed by atoms with Crippen molar-refractivity contribution in [3.63, 3.8) is 0 Å². The molecule has 0 N–H and O–H groups in total. The Balaban J connectivity index is 1.26. The molecule has 0 bridgehead atoms. The third kappa shape index (κ3) is 5.51. The summed E-state index contributed by atoms with van der Waals surface area (Å²) < 4.78 is 6.99. The number of tetrazole rings is 1. The van der Waals surface area contributed by atoms with Crippen molar-refractivity contribution in [3.05, 3.63) is 40.7 Å². The zero-order valence-corrected chi connectivity index (χ0v) is 17.2. The first-order valence-electron chi connectivity index (χ1n) is 9.97. The molecular weight excluding hydrogens is 394 g/mol. The number of ether oxygens (including phenoxy) is 1. The second-order valence-electron chi connectivity index (χ2n) is 7.43. The smallest absolute Gasteiger partial charge is 0.244 e. The van der Waals surface area contributed by atoms with Gasteiger partial charge in [-0.2, -0.15) is 0 Å². The maximum Gasteiger partial charge on any atom is 0.244 e. The first-order chi connectivity index (χ1) is 14.2. The summed E-state index contributed by atoms with van der Waals surface area (Å²) >= 11 is 6.07.